The van der Waals surface area contributed by atoms with Crippen molar-refractivity contribution >= 4 is 16.1 Å². The minimum atomic E-state index is -4.79. The molecule has 1 aliphatic heterocycles. The van der Waals surface area contributed by atoms with E-state index in [9.17, 15) is 38.2 Å². The first-order valence-electron chi connectivity index (χ1n) is 13.9. The Bertz CT molecular complexity index is 821. The van der Waals surface area contributed by atoms with Crippen LogP contribution in [-0.2, 0) is 29.1 Å². The van der Waals surface area contributed by atoms with E-state index in [1.807, 2.05) is 0 Å². The summed E-state index contributed by atoms with van der Waals surface area (Å²) < 4.78 is 48.1. The van der Waals surface area contributed by atoms with Crippen LogP contribution in [0.25, 0.3) is 0 Å². The van der Waals surface area contributed by atoms with Gasteiger partial charge in [0.15, 0.2) is 6.29 Å². The number of hydrogen-bond acceptors (Lipinski definition) is 11. The van der Waals surface area contributed by atoms with Crippen LogP contribution in [0.3, 0.4) is 0 Å². The van der Waals surface area contributed by atoms with Gasteiger partial charge in [-0.1, -0.05) is 63.3 Å². The second-order valence-corrected chi connectivity index (χ2v) is 11.3. The van der Waals surface area contributed by atoms with E-state index in [0.717, 1.165) is 44.9 Å². The van der Waals surface area contributed by atoms with Gasteiger partial charge in [0.25, 0.3) is 0 Å². The molecule has 0 saturated carbocycles. The van der Waals surface area contributed by atoms with Gasteiger partial charge in [-0.05, 0) is 38.5 Å². The van der Waals surface area contributed by atoms with Gasteiger partial charge in [-0.3, -0.25) is 4.79 Å². The molecule has 0 aromatic rings. The maximum atomic E-state index is 11.9. The summed E-state index contributed by atoms with van der Waals surface area (Å²) in [6, 6.07) is 0. The Morgan fingerprint density at radius 1 is 0.900 bits per heavy atom. The number of unbranched alkanes of at least 4 members (excludes halogenated alkanes) is 8. The fraction of sp³-hybridized carbons (Fsp3) is 0.815. The van der Waals surface area contributed by atoms with Gasteiger partial charge in [0.05, 0.1) is 22.5 Å². The Labute approximate surface area is 261 Å². The predicted molar refractivity (Wildman–Crippen MR) is 144 cm³/mol. The number of carbonyl (C=O) groups is 1. The van der Waals surface area contributed by atoms with Crippen molar-refractivity contribution < 1.29 is 82.0 Å². The van der Waals surface area contributed by atoms with Gasteiger partial charge >= 0.3 is 35.5 Å². The van der Waals surface area contributed by atoms with E-state index in [-0.39, 0.29) is 42.6 Å². The van der Waals surface area contributed by atoms with E-state index in [1.54, 1.807) is 0 Å². The van der Waals surface area contributed by atoms with E-state index in [1.165, 1.54) is 19.3 Å². The first kappa shape index (κ1) is 39.6. The Morgan fingerprint density at radius 2 is 1.50 bits per heavy atom. The third-order valence-electron chi connectivity index (χ3n) is 6.26. The maximum Gasteiger partial charge on any atom is 1.00 e. The molecule has 0 aliphatic carbocycles. The van der Waals surface area contributed by atoms with Gasteiger partial charge in [-0.25, -0.2) is 8.42 Å². The van der Waals surface area contributed by atoms with E-state index < -0.39 is 65.3 Å². The molecule has 1 heterocycles. The van der Waals surface area contributed by atoms with Gasteiger partial charge in [0.2, 0.25) is 0 Å². The number of hydrogen-bond donors (Lipinski definition) is 4. The van der Waals surface area contributed by atoms with Gasteiger partial charge in [-0.2, -0.15) is 0 Å². The molecule has 6 atom stereocenters. The van der Waals surface area contributed by atoms with Gasteiger partial charge in [0.1, 0.15) is 37.1 Å². The summed E-state index contributed by atoms with van der Waals surface area (Å²) in [4.78, 5) is 11.9. The second kappa shape index (κ2) is 23.1. The molecule has 0 bridgehead atoms. The molecule has 40 heavy (non-hydrogen) atoms. The summed E-state index contributed by atoms with van der Waals surface area (Å²) >= 11 is 0. The van der Waals surface area contributed by atoms with Gasteiger partial charge in [0, 0.05) is 6.42 Å². The van der Waals surface area contributed by atoms with Crippen molar-refractivity contribution in [2.45, 2.75) is 121 Å². The number of rotatable bonds is 21. The van der Waals surface area contributed by atoms with Crippen molar-refractivity contribution in [3.8, 4) is 0 Å². The van der Waals surface area contributed by atoms with Crippen LogP contribution >= 0.6 is 0 Å². The monoisotopic (exact) mass is 602 g/mol. The van der Waals surface area contributed by atoms with Crippen LogP contribution in [0.1, 0.15) is 84.0 Å². The summed E-state index contributed by atoms with van der Waals surface area (Å²) in [5.41, 5.74) is 0. The molecule has 0 amide bonds. The summed E-state index contributed by atoms with van der Waals surface area (Å²) in [5, 5.41) is 39.6. The molecule has 0 aromatic heterocycles. The minimum absolute atomic E-state index is 0. The average molecular weight is 603 g/mol. The zero-order chi connectivity index (χ0) is 29.1. The standard InChI is InChI=1S/C27H48O11S.Na/c1-2-3-4-5-6-7-8-9-10-11-12-13-14-15-16-17-23(29)36-18-21(28)19-37-27-26(32)25(31)24(30)22(38-27)20-39(33,34)35;/h6-7,9-10,21-22,24-28,30-32H,2-5,8,11-20H2,1H3,(H,33,34,35);/q;+1/p-1/b7-6-,10-9-;/t21-,22-,24-,25+,26-,27+;/m1./s1. The molecule has 1 saturated heterocycles. The van der Waals surface area contributed by atoms with Gasteiger partial charge in [-0.15, -0.1) is 0 Å². The fourth-order valence-corrected chi connectivity index (χ4v) is 4.67. The number of ether oxygens (including phenoxy) is 3. The van der Waals surface area contributed by atoms with Crippen LogP contribution in [0.4, 0.5) is 0 Å². The first-order chi connectivity index (χ1) is 18.5. The molecule has 13 heteroatoms. The quantitative estimate of drug-likeness (QED) is 0.0419. The van der Waals surface area contributed by atoms with Crippen LogP contribution in [0.5, 0.6) is 0 Å². The zero-order valence-electron chi connectivity index (χ0n) is 23.9. The van der Waals surface area contributed by atoms with Crippen molar-refractivity contribution in [3.05, 3.63) is 24.3 Å². The molecule has 1 aliphatic rings. The number of esters is 1. The maximum absolute atomic E-state index is 11.9. The van der Waals surface area contributed by atoms with Crippen LogP contribution in [0.2, 0.25) is 0 Å². The second-order valence-electron chi connectivity index (χ2n) is 9.89. The van der Waals surface area contributed by atoms with Crippen molar-refractivity contribution in [3.63, 3.8) is 0 Å². The zero-order valence-corrected chi connectivity index (χ0v) is 26.8. The molecule has 1 rings (SSSR count). The minimum Gasteiger partial charge on any atom is -0.748 e. The average Bonchev–Trinajstić information content (AvgIpc) is 2.88. The number of aliphatic hydroxyl groups excluding tert-OH is 4. The Hall–Kier alpha value is -0.380. The molecule has 0 unspecified atom stereocenters. The van der Waals surface area contributed by atoms with Crippen molar-refractivity contribution in [1.82, 2.24) is 0 Å². The Balaban J connectivity index is 0.0000152. The van der Waals surface area contributed by atoms with Crippen LogP contribution in [-0.4, -0.2) is 95.1 Å². The predicted octanol–water partition coefficient (Wildman–Crippen LogP) is -0.923. The summed E-state index contributed by atoms with van der Waals surface area (Å²) in [5.74, 6) is -1.60. The molecule has 228 valence electrons. The molecular formula is C27H47NaO11S. The fourth-order valence-electron chi connectivity index (χ4n) is 3.99. The summed E-state index contributed by atoms with van der Waals surface area (Å²) in [6.45, 7) is 1.36. The van der Waals surface area contributed by atoms with E-state index >= 15 is 0 Å². The molecule has 0 aromatic carbocycles. The topological polar surface area (TPSA) is 183 Å². The van der Waals surface area contributed by atoms with E-state index in [0.29, 0.717) is 6.42 Å². The van der Waals surface area contributed by atoms with Crippen LogP contribution in [0, 0.1) is 0 Å². The van der Waals surface area contributed by atoms with Crippen molar-refractivity contribution in [2.75, 3.05) is 19.0 Å². The molecule has 1 fully saturated rings. The van der Waals surface area contributed by atoms with Gasteiger partial charge < -0.3 is 39.2 Å². The third-order valence-corrected chi connectivity index (χ3v) is 6.99. The van der Waals surface area contributed by atoms with Crippen LogP contribution in [0.15, 0.2) is 24.3 Å². The van der Waals surface area contributed by atoms with Crippen molar-refractivity contribution in [1.29, 1.82) is 0 Å². The number of carbonyl (C=O) groups excluding carboxylic acids is 1. The van der Waals surface area contributed by atoms with Crippen molar-refractivity contribution in [2.24, 2.45) is 0 Å². The summed E-state index contributed by atoms with van der Waals surface area (Å²) in [7, 11) is -4.79. The molecule has 11 nitrogen and oxygen atoms in total. The normalized spacial score (nSPS) is 24.3. The molecule has 0 spiro atoms. The number of allylic oxidation sites excluding steroid dienone is 4. The molecule has 4 N–H and O–H groups in total. The largest absolute Gasteiger partial charge is 1.00 e. The van der Waals surface area contributed by atoms with Crippen LogP contribution < -0.4 is 29.6 Å². The Kier molecular flexibility index (Phi) is 22.9. The smallest absolute Gasteiger partial charge is 0.748 e. The third kappa shape index (κ3) is 18.9. The van der Waals surface area contributed by atoms with E-state index in [4.69, 9.17) is 14.2 Å². The SMILES string of the molecule is CCCCC/C=C\C/C=C\CCCCCCCC(=O)OC[C@@H](O)CO[C@H]1O[C@H](CS(=O)(=O)[O-])[C@@H](O)[C@H](O)[C@H]1O.[Na+]. The molecular weight excluding hydrogens is 555 g/mol. The first-order valence-corrected chi connectivity index (χ1v) is 15.5. The number of aliphatic hydroxyl groups is 4. The summed E-state index contributed by atoms with van der Waals surface area (Å²) in [6.07, 6.45) is 11.0. The molecule has 0 radical (unpaired) electrons. The Morgan fingerprint density at radius 3 is 2.12 bits per heavy atom. The van der Waals surface area contributed by atoms with E-state index in [2.05, 4.69) is 31.2 Å².